The van der Waals surface area contributed by atoms with Gasteiger partial charge in [-0.15, -0.1) is 0 Å². The summed E-state index contributed by atoms with van der Waals surface area (Å²) in [5.41, 5.74) is 10.6. The average Bonchev–Trinajstić information content (AvgIpc) is 3.61. The van der Waals surface area contributed by atoms with Crippen molar-refractivity contribution in [1.82, 2.24) is 0 Å². The highest BCUT2D eigenvalue weighted by molar-refractivity contribution is 5.97. The number of rotatable bonds is 6. The summed E-state index contributed by atoms with van der Waals surface area (Å²) in [4.78, 5) is 4.76. The maximum Gasteiger partial charge on any atom is 0.128 e. The molecule has 1 aliphatic heterocycles. The van der Waals surface area contributed by atoms with Gasteiger partial charge in [-0.3, -0.25) is 0 Å². The van der Waals surface area contributed by atoms with E-state index in [1.54, 1.807) is 0 Å². The molecule has 11 rings (SSSR count). The van der Waals surface area contributed by atoms with Gasteiger partial charge in [0.15, 0.2) is 0 Å². The van der Waals surface area contributed by atoms with Gasteiger partial charge in [0.05, 0.1) is 0 Å². The molecule has 272 valence electrons. The molecule has 0 amide bonds. The Bertz CT molecular complexity index is 3150. The first-order valence-corrected chi connectivity index (χ1v) is 19.8. The van der Waals surface area contributed by atoms with Gasteiger partial charge in [0.25, 0.3) is 0 Å². The Morgan fingerprint density at radius 2 is 0.947 bits per heavy atom. The summed E-state index contributed by atoms with van der Waals surface area (Å²) in [5, 5.41) is 9.84. The van der Waals surface area contributed by atoms with E-state index in [1.807, 2.05) is 0 Å². The van der Waals surface area contributed by atoms with Gasteiger partial charge in [-0.25, -0.2) is 0 Å². The highest BCUT2D eigenvalue weighted by Gasteiger charge is 2.34. The van der Waals surface area contributed by atoms with E-state index >= 15 is 0 Å². The summed E-state index contributed by atoms with van der Waals surface area (Å²) in [6.07, 6.45) is 4.71. The van der Waals surface area contributed by atoms with Gasteiger partial charge in [0.1, 0.15) is 11.9 Å². The Morgan fingerprint density at radius 3 is 1.56 bits per heavy atom. The van der Waals surface area contributed by atoms with Crippen molar-refractivity contribution in [3.05, 3.63) is 209 Å². The molecule has 1 aliphatic carbocycles. The predicted molar refractivity (Wildman–Crippen MR) is 240 cm³/mol. The number of benzene rings is 9. The minimum Gasteiger partial charge on any atom is -0.485 e. The number of anilines is 6. The van der Waals surface area contributed by atoms with Crippen LogP contribution in [0.5, 0.6) is 5.75 Å². The molecule has 0 saturated carbocycles. The van der Waals surface area contributed by atoms with Crippen molar-refractivity contribution < 1.29 is 4.74 Å². The molecular weight excluding hydrogens is 693 g/mol. The van der Waals surface area contributed by atoms with E-state index in [0.717, 1.165) is 39.9 Å². The Kier molecular flexibility index (Phi) is 7.75. The van der Waals surface area contributed by atoms with Gasteiger partial charge >= 0.3 is 0 Å². The topological polar surface area (TPSA) is 15.7 Å². The van der Waals surface area contributed by atoms with E-state index in [4.69, 9.17) is 4.74 Å². The molecule has 0 fully saturated rings. The molecule has 2 unspecified atom stereocenters. The smallest absolute Gasteiger partial charge is 0.128 e. The zero-order chi connectivity index (χ0) is 38.0. The van der Waals surface area contributed by atoms with E-state index in [-0.39, 0.29) is 12.0 Å². The second-order valence-electron chi connectivity index (χ2n) is 15.4. The fourth-order valence-electron chi connectivity index (χ4n) is 9.18. The molecule has 9 aromatic rings. The number of aryl methyl sites for hydroxylation is 1. The molecule has 3 nitrogen and oxygen atoms in total. The monoisotopic (exact) mass is 732 g/mol. The minimum atomic E-state index is -0.0812. The Balaban J connectivity index is 0.992. The quantitative estimate of drug-likeness (QED) is 0.169. The van der Waals surface area contributed by atoms with Crippen LogP contribution in [0.3, 0.4) is 0 Å². The van der Waals surface area contributed by atoms with Gasteiger partial charge in [-0.1, -0.05) is 115 Å². The first kappa shape index (κ1) is 33.3. The standard InChI is InChI=1S/C54H40N2O/c1-35-47-33-53-49(31-41(47)23-27-51(35)55(43-17-5-3-6-18-43)45-25-21-37-13-9-11-15-39(37)29-45)50-32-42-24-28-52(36(2)48(42)34-54(50)57-53)56(44-19-7-4-8-20-44)46-26-22-38-14-10-12-16-40(38)30-46/h3-34,49,53H,1-2H3. The van der Waals surface area contributed by atoms with Crippen molar-refractivity contribution in [2.75, 3.05) is 9.80 Å². The summed E-state index contributed by atoms with van der Waals surface area (Å²) in [6.45, 7) is 4.50. The zero-order valence-corrected chi connectivity index (χ0v) is 31.9. The SMILES string of the molecule is Cc1c(N(c2ccccc2)c2ccc3ccccc3c2)ccc2c1=CC1Oc3cc4c(C)c(N(c5ccccc5)c5ccc6ccccc6c5)ccc4cc3C1C=2. The maximum atomic E-state index is 6.91. The van der Waals surface area contributed by atoms with Crippen LogP contribution < -0.4 is 25.0 Å². The minimum absolute atomic E-state index is 0.0812. The average molecular weight is 733 g/mol. The fourth-order valence-corrected chi connectivity index (χ4v) is 9.18. The van der Waals surface area contributed by atoms with Crippen LogP contribution >= 0.6 is 0 Å². The van der Waals surface area contributed by atoms with Crippen molar-refractivity contribution in [3.8, 4) is 5.75 Å². The lowest BCUT2D eigenvalue weighted by Crippen LogP contribution is -2.37. The molecule has 57 heavy (non-hydrogen) atoms. The summed E-state index contributed by atoms with van der Waals surface area (Å²) in [7, 11) is 0. The van der Waals surface area contributed by atoms with Crippen LogP contribution in [0.4, 0.5) is 34.1 Å². The van der Waals surface area contributed by atoms with Crippen LogP contribution in [-0.4, -0.2) is 6.10 Å². The van der Waals surface area contributed by atoms with E-state index in [9.17, 15) is 0 Å². The molecular formula is C54H40N2O. The molecule has 2 atom stereocenters. The number of hydrogen-bond donors (Lipinski definition) is 0. The van der Waals surface area contributed by atoms with Crippen molar-refractivity contribution in [2.45, 2.75) is 25.9 Å². The van der Waals surface area contributed by atoms with Crippen LogP contribution in [0.15, 0.2) is 182 Å². The van der Waals surface area contributed by atoms with E-state index in [1.165, 1.54) is 59.4 Å². The lowest BCUT2D eigenvalue weighted by Gasteiger charge is -2.28. The number of para-hydroxylation sites is 2. The third-order valence-electron chi connectivity index (χ3n) is 12.1. The molecule has 1 heterocycles. The normalized spacial score (nSPS) is 15.3. The van der Waals surface area contributed by atoms with E-state index < -0.39 is 0 Å². The molecule has 0 aromatic heterocycles. The van der Waals surface area contributed by atoms with Gasteiger partial charge < -0.3 is 14.5 Å². The summed E-state index contributed by atoms with van der Waals surface area (Å²) in [6, 6.07) is 65.8. The molecule has 0 radical (unpaired) electrons. The van der Waals surface area contributed by atoms with Crippen molar-refractivity contribution in [1.29, 1.82) is 0 Å². The van der Waals surface area contributed by atoms with Crippen LogP contribution in [0.2, 0.25) is 0 Å². The highest BCUT2D eigenvalue weighted by atomic mass is 16.5. The lowest BCUT2D eigenvalue weighted by molar-refractivity contribution is 0.288. The van der Waals surface area contributed by atoms with Gasteiger partial charge in [0.2, 0.25) is 0 Å². The Labute approximate surface area is 332 Å². The molecule has 2 aliphatic rings. The van der Waals surface area contributed by atoms with Crippen LogP contribution in [0.1, 0.15) is 22.6 Å². The molecule has 3 heteroatoms. The Morgan fingerprint density at radius 1 is 0.421 bits per heavy atom. The van der Waals surface area contributed by atoms with Crippen LogP contribution in [0, 0.1) is 13.8 Å². The maximum absolute atomic E-state index is 6.91. The third kappa shape index (κ3) is 5.58. The Hall–Kier alpha value is -7.10. The van der Waals surface area contributed by atoms with Crippen LogP contribution in [0.25, 0.3) is 44.5 Å². The molecule has 0 spiro atoms. The fraction of sp³-hybridized carbons (Fsp3) is 0.0741. The van der Waals surface area contributed by atoms with Crippen molar-refractivity contribution in [3.63, 3.8) is 0 Å². The van der Waals surface area contributed by atoms with Gasteiger partial charge in [-0.2, -0.15) is 0 Å². The summed E-state index contributed by atoms with van der Waals surface area (Å²) >= 11 is 0. The molecule has 0 saturated heterocycles. The second kappa shape index (κ2) is 13.3. The highest BCUT2D eigenvalue weighted by Crippen LogP contribution is 2.46. The largest absolute Gasteiger partial charge is 0.485 e. The molecule has 9 aromatic carbocycles. The zero-order valence-electron chi connectivity index (χ0n) is 31.9. The van der Waals surface area contributed by atoms with Crippen molar-refractivity contribution in [2.24, 2.45) is 0 Å². The number of nitrogens with zero attached hydrogens (tertiary/aromatic N) is 2. The van der Waals surface area contributed by atoms with E-state index in [2.05, 4.69) is 218 Å². The summed E-state index contributed by atoms with van der Waals surface area (Å²) < 4.78 is 6.91. The van der Waals surface area contributed by atoms with E-state index in [0.29, 0.717) is 0 Å². The second-order valence-corrected chi connectivity index (χ2v) is 15.4. The van der Waals surface area contributed by atoms with Gasteiger partial charge in [0, 0.05) is 45.6 Å². The number of fused-ring (bicyclic) bond motifs is 7. The summed E-state index contributed by atoms with van der Waals surface area (Å²) in [5.74, 6) is 1.11. The first-order chi connectivity index (χ1) is 28.1. The first-order valence-electron chi connectivity index (χ1n) is 19.8. The van der Waals surface area contributed by atoms with Crippen molar-refractivity contribution >= 4 is 78.6 Å². The number of hydrogen-bond acceptors (Lipinski definition) is 3. The lowest BCUT2D eigenvalue weighted by atomic mass is 9.87. The molecule has 0 N–H and O–H groups in total. The number of ether oxygens (including phenoxy) is 1. The van der Waals surface area contributed by atoms with Gasteiger partial charge in [-0.05, 0) is 147 Å². The van der Waals surface area contributed by atoms with Crippen LogP contribution in [-0.2, 0) is 0 Å². The predicted octanol–water partition coefficient (Wildman–Crippen LogP) is 12.8. The third-order valence-corrected chi connectivity index (χ3v) is 12.1. The molecule has 0 bridgehead atoms.